The van der Waals surface area contributed by atoms with Gasteiger partial charge < -0.3 is 14.4 Å². The molecule has 2 heterocycles. The highest BCUT2D eigenvalue weighted by Crippen LogP contribution is 2.23. The van der Waals surface area contributed by atoms with Crippen molar-refractivity contribution in [1.82, 2.24) is 4.90 Å². The maximum Gasteiger partial charge on any atom is 0.326 e. The molecule has 1 N–H and O–H groups in total. The Labute approximate surface area is 105 Å². The number of carboxylic acids is 1. The van der Waals surface area contributed by atoms with Crippen molar-refractivity contribution in [2.45, 2.75) is 38.6 Å². The van der Waals surface area contributed by atoms with Crippen LogP contribution in [0.5, 0.6) is 0 Å². The van der Waals surface area contributed by atoms with Crippen molar-refractivity contribution < 1.29 is 19.1 Å². The number of furan rings is 1. The number of likely N-dealkylation sites (tertiary alicyclic amines) is 1. The molecule has 1 aliphatic heterocycles. The highest BCUT2D eigenvalue weighted by molar-refractivity contribution is 5.97. The number of nitrogens with zero attached hydrogens (tertiary/aromatic N) is 1. The van der Waals surface area contributed by atoms with E-state index in [1.54, 1.807) is 6.07 Å². The highest BCUT2D eigenvalue weighted by Gasteiger charge is 2.35. The van der Waals surface area contributed by atoms with Gasteiger partial charge in [-0.3, -0.25) is 4.79 Å². The van der Waals surface area contributed by atoms with Crippen molar-refractivity contribution in [3.05, 3.63) is 23.7 Å². The molecule has 1 saturated heterocycles. The van der Waals surface area contributed by atoms with Gasteiger partial charge in [-0.1, -0.05) is 6.92 Å². The van der Waals surface area contributed by atoms with Crippen LogP contribution in [0, 0.1) is 0 Å². The van der Waals surface area contributed by atoms with Crippen molar-refractivity contribution in [1.29, 1.82) is 0 Å². The molecule has 0 spiro atoms. The summed E-state index contributed by atoms with van der Waals surface area (Å²) in [6, 6.07) is 0.937. The fourth-order valence-corrected chi connectivity index (χ4v) is 2.37. The summed E-state index contributed by atoms with van der Waals surface area (Å²) in [4.78, 5) is 24.8. The molecule has 1 aromatic rings. The second kappa shape index (κ2) is 5.25. The van der Waals surface area contributed by atoms with Gasteiger partial charge in [0.25, 0.3) is 5.91 Å². The molecular weight excluding hydrogens is 234 g/mol. The molecule has 0 aliphatic carbocycles. The molecule has 0 aromatic carbocycles. The lowest BCUT2D eigenvalue weighted by atomic mass is 10.1. The van der Waals surface area contributed by atoms with Crippen LogP contribution in [-0.2, 0) is 11.2 Å². The van der Waals surface area contributed by atoms with E-state index >= 15 is 0 Å². The number of aliphatic carboxylic acids is 1. The minimum absolute atomic E-state index is 0.225. The maximum atomic E-state index is 12.3. The molecule has 1 aromatic heterocycles. The van der Waals surface area contributed by atoms with E-state index in [9.17, 15) is 9.59 Å². The first kappa shape index (κ1) is 12.7. The number of carboxylic acid groups (broad SMARTS) is 1. The Morgan fingerprint density at radius 1 is 1.56 bits per heavy atom. The second-order valence-corrected chi connectivity index (χ2v) is 4.50. The fraction of sp³-hybridized carbons (Fsp3) is 0.538. The minimum atomic E-state index is -0.929. The summed E-state index contributed by atoms with van der Waals surface area (Å²) in [7, 11) is 0. The molecule has 0 saturated carbocycles. The Morgan fingerprint density at radius 3 is 3.00 bits per heavy atom. The lowest BCUT2D eigenvalue weighted by molar-refractivity contribution is -0.141. The molecule has 5 nitrogen and oxygen atoms in total. The normalized spacial score (nSPS) is 19.2. The number of hydrogen-bond acceptors (Lipinski definition) is 3. The quantitative estimate of drug-likeness (QED) is 0.887. The van der Waals surface area contributed by atoms with E-state index in [1.807, 2.05) is 6.92 Å². The maximum absolute atomic E-state index is 12.3. The van der Waals surface area contributed by atoms with Crippen LogP contribution in [0.3, 0.4) is 0 Å². The van der Waals surface area contributed by atoms with Gasteiger partial charge in [-0.05, 0) is 25.3 Å². The van der Waals surface area contributed by atoms with Crippen molar-refractivity contribution in [2.24, 2.45) is 0 Å². The first-order valence-electron chi connectivity index (χ1n) is 6.25. The summed E-state index contributed by atoms with van der Waals surface area (Å²) in [6.45, 7) is 2.51. The van der Waals surface area contributed by atoms with Crippen molar-refractivity contribution in [3.8, 4) is 0 Å². The van der Waals surface area contributed by atoms with Gasteiger partial charge in [-0.2, -0.15) is 0 Å². The van der Waals surface area contributed by atoms with E-state index in [1.165, 1.54) is 11.2 Å². The average Bonchev–Trinajstić information content (AvgIpc) is 2.96. The van der Waals surface area contributed by atoms with Gasteiger partial charge in [0.15, 0.2) is 0 Å². The third kappa shape index (κ3) is 2.25. The second-order valence-electron chi connectivity index (χ2n) is 4.50. The van der Waals surface area contributed by atoms with Gasteiger partial charge in [0.2, 0.25) is 0 Å². The molecule has 1 amide bonds. The van der Waals surface area contributed by atoms with Gasteiger partial charge in [0.1, 0.15) is 11.8 Å². The topological polar surface area (TPSA) is 70.8 Å². The molecule has 98 valence electrons. The zero-order chi connectivity index (χ0) is 13.1. The largest absolute Gasteiger partial charge is 0.480 e. The van der Waals surface area contributed by atoms with E-state index in [0.717, 1.165) is 12.8 Å². The lowest BCUT2D eigenvalue weighted by Crippen LogP contribution is -2.40. The van der Waals surface area contributed by atoms with Gasteiger partial charge in [-0.25, -0.2) is 4.79 Å². The molecule has 0 radical (unpaired) electrons. The zero-order valence-electron chi connectivity index (χ0n) is 10.4. The fourth-order valence-electron chi connectivity index (χ4n) is 2.37. The van der Waals surface area contributed by atoms with Crippen LogP contribution >= 0.6 is 0 Å². The number of carbonyl (C=O) groups is 2. The molecule has 1 atom stereocenters. The highest BCUT2D eigenvalue weighted by atomic mass is 16.4. The summed E-state index contributed by atoms with van der Waals surface area (Å²) in [5, 5.41) is 9.09. The van der Waals surface area contributed by atoms with Crippen LogP contribution in [-0.4, -0.2) is 34.5 Å². The van der Waals surface area contributed by atoms with E-state index in [-0.39, 0.29) is 5.91 Å². The van der Waals surface area contributed by atoms with E-state index in [2.05, 4.69) is 0 Å². The Hall–Kier alpha value is -1.78. The zero-order valence-corrected chi connectivity index (χ0v) is 10.4. The summed E-state index contributed by atoms with van der Waals surface area (Å²) >= 11 is 0. The van der Waals surface area contributed by atoms with Crippen molar-refractivity contribution >= 4 is 11.9 Å². The third-order valence-corrected chi connectivity index (χ3v) is 3.25. The predicted octanol–water partition coefficient (Wildman–Crippen LogP) is 1.92. The number of hydrogen-bond donors (Lipinski definition) is 1. The van der Waals surface area contributed by atoms with Crippen LogP contribution in [0.25, 0.3) is 0 Å². The van der Waals surface area contributed by atoms with E-state index in [0.29, 0.717) is 30.7 Å². The Balaban J connectivity index is 2.20. The van der Waals surface area contributed by atoms with Crippen LogP contribution < -0.4 is 0 Å². The predicted molar refractivity (Wildman–Crippen MR) is 64.4 cm³/mol. The van der Waals surface area contributed by atoms with E-state index in [4.69, 9.17) is 9.52 Å². The SMILES string of the molecule is CCCc1occc1C(=O)N1CCCC1C(=O)O. The van der Waals surface area contributed by atoms with Gasteiger partial charge >= 0.3 is 5.97 Å². The van der Waals surface area contributed by atoms with Crippen LogP contribution in [0.2, 0.25) is 0 Å². The first-order chi connectivity index (χ1) is 8.65. The van der Waals surface area contributed by atoms with Gasteiger partial charge in [-0.15, -0.1) is 0 Å². The third-order valence-electron chi connectivity index (χ3n) is 3.25. The Bertz CT molecular complexity index is 452. The van der Waals surface area contributed by atoms with E-state index < -0.39 is 12.0 Å². The molecular formula is C13H17NO4. The Kier molecular flexibility index (Phi) is 3.69. The number of carbonyl (C=O) groups excluding carboxylic acids is 1. The average molecular weight is 251 g/mol. The molecule has 18 heavy (non-hydrogen) atoms. The molecule has 0 bridgehead atoms. The molecule has 5 heteroatoms. The van der Waals surface area contributed by atoms with Gasteiger partial charge in [0, 0.05) is 13.0 Å². The minimum Gasteiger partial charge on any atom is -0.480 e. The Morgan fingerprint density at radius 2 is 2.33 bits per heavy atom. The lowest BCUT2D eigenvalue weighted by Gasteiger charge is -2.21. The monoisotopic (exact) mass is 251 g/mol. The summed E-state index contributed by atoms with van der Waals surface area (Å²) < 4.78 is 5.29. The summed E-state index contributed by atoms with van der Waals surface area (Å²) in [5.74, 6) is -0.503. The molecule has 2 rings (SSSR count). The molecule has 1 aliphatic rings. The summed E-state index contributed by atoms with van der Waals surface area (Å²) in [6.07, 6.45) is 4.34. The van der Waals surface area contributed by atoms with Crippen molar-refractivity contribution in [2.75, 3.05) is 6.54 Å². The van der Waals surface area contributed by atoms with Gasteiger partial charge in [0.05, 0.1) is 11.8 Å². The van der Waals surface area contributed by atoms with Crippen LogP contribution in [0.1, 0.15) is 42.3 Å². The number of aryl methyl sites for hydroxylation is 1. The number of amides is 1. The molecule has 1 fully saturated rings. The first-order valence-corrected chi connectivity index (χ1v) is 6.25. The molecule has 1 unspecified atom stereocenters. The van der Waals surface area contributed by atoms with Crippen LogP contribution in [0.4, 0.5) is 0 Å². The van der Waals surface area contributed by atoms with Crippen molar-refractivity contribution in [3.63, 3.8) is 0 Å². The van der Waals surface area contributed by atoms with Crippen LogP contribution in [0.15, 0.2) is 16.7 Å². The standard InChI is InChI=1S/C13H17NO4/c1-2-4-11-9(6-8-18-11)12(15)14-7-3-5-10(14)13(16)17/h6,8,10H,2-5,7H2,1H3,(H,16,17). The number of rotatable bonds is 4. The smallest absolute Gasteiger partial charge is 0.326 e. The summed E-state index contributed by atoms with van der Waals surface area (Å²) in [5.41, 5.74) is 0.505.